The van der Waals surface area contributed by atoms with Gasteiger partial charge in [-0.2, -0.15) is 0 Å². The molecule has 1 N–H and O–H groups in total. The summed E-state index contributed by atoms with van der Waals surface area (Å²) in [6.07, 6.45) is 12.2. The standard InChI is InChI=1S/C15H24N2O/c1-2-11-4-3-5-12(8-11)15(18)14-9-16-10-17(14)13-6-7-13/h9-13,15,18H,2-8H2,1H3. The number of hydrogen-bond donors (Lipinski definition) is 1. The molecule has 2 fully saturated rings. The first kappa shape index (κ1) is 12.2. The van der Waals surface area contributed by atoms with Crippen LogP contribution in [0.15, 0.2) is 12.5 Å². The Bertz CT molecular complexity index is 397. The van der Waals surface area contributed by atoms with Gasteiger partial charge in [-0.25, -0.2) is 4.98 Å². The average Bonchev–Trinajstić information content (AvgIpc) is 3.15. The fourth-order valence-corrected chi connectivity index (χ4v) is 3.43. The van der Waals surface area contributed by atoms with Crippen molar-refractivity contribution in [1.29, 1.82) is 0 Å². The Morgan fingerprint density at radius 1 is 1.39 bits per heavy atom. The molecule has 3 unspecified atom stereocenters. The monoisotopic (exact) mass is 248 g/mol. The first-order valence-corrected chi connectivity index (χ1v) is 7.49. The Balaban J connectivity index is 1.72. The number of aromatic nitrogens is 2. The SMILES string of the molecule is CCC1CCCC(C(O)c2cncn2C2CC2)C1. The van der Waals surface area contributed by atoms with E-state index in [9.17, 15) is 5.11 Å². The minimum Gasteiger partial charge on any atom is -0.387 e. The van der Waals surface area contributed by atoms with Gasteiger partial charge in [0.15, 0.2) is 0 Å². The van der Waals surface area contributed by atoms with Crippen molar-refractivity contribution in [2.24, 2.45) is 11.8 Å². The van der Waals surface area contributed by atoms with Gasteiger partial charge in [-0.15, -0.1) is 0 Å². The predicted molar refractivity (Wildman–Crippen MR) is 71.2 cm³/mol. The number of imidazole rings is 1. The van der Waals surface area contributed by atoms with Gasteiger partial charge in [0.1, 0.15) is 0 Å². The fourth-order valence-electron chi connectivity index (χ4n) is 3.43. The Hall–Kier alpha value is -0.830. The number of hydrogen-bond acceptors (Lipinski definition) is 2. The summed E-state index contributed by atoms with van der Waals surface area (Å²) < 4.78 is 2.21. The van der Waals surface area contributed by atoms with Gasteiger partial charge in [0.05, 0.1) is 24.3 Å². The van der Waals surface area contributed by atoms with Crippen LogP contribution in [-0.4, -0.2) is 14.7 Å². The number of nitrogens with zero attached hydrogens (tertiary/aromatic N) is 2. The molecule has 2 aliphatic rings. The molecule has 0 amide bonds. The third-order valence-corrected chi connectivity index (χ3v) is 4.79. The summed E-state index contributed by atoms with van der Waals surface area (Å²) in [7, 11) is 0. The first-order valence-electron chi connectivity index (χ1n) is 7.49. The Morgan fingerprint density at radius 2 is 2.22 bits per heavy atom. The summed E-state index contributed by atoms with van der Waals surface area (Å²) >= 11 is 0. The normalized spacial score (nSPS) is 30.3. The van der Waals surface area contributed by atoms with E-state index in [1.165, 1.54) is 44.9 Å². The van der Waals surface area contributed by atoms with Crippen molar-refractivity contribution in [1.82, 2.24) is 9.55 Å². The third-order valence-electron chi connectivity index (χ3n) is 4.79. The third kappa shape index (κ3) is 2.33. The van der Waals surface area contributed by atoms with E-state index in [1.54, 1.807) is 0 Å². The summed E-state index contributed by atoms with van der Waals surface area (Å²) in [4.78, 5) is 4.24. The summed E-state index contributed by atoms with van der Waals surface area (Å²) in [5.74, 6) is 1.26. The van der Waals surface area contributed by atoms with Gasteiger partial charge in [-0.3, -0.25) is 0 Å². The Morgan fingerprint density at radius 3 is 2.94 bits per heavy atom. The smallest absolute Gasteiger partial charge is 0.0984 e. The quantitative estimate of drug-likeness (QED) is 0.886. The van der Waals surface area contributed by atoms with E-state index in [4.69, 9.17) is 0 Å². The Kier molecular flexibility index (Phi) is 3.42. The largest absolute Gasteiger partial charge is 0.387 e. The zero-order valence-electron chi connectivity index (χ0n) is 11.3. The molecule has 2 saturated carbocycles. The van der Waals surface area contributed by atoms with Gasteiger partial charge in [-0.05, 0) is 37.5 Å². The molecular formula is C15H24N2O. The summed E-state index contributed by atoms with van der Waals surface area (Å²) in [5.41, 5.74) is 1.05. The average molecular weight is 248 g/mol. The van der Waals surface area contributed by atoms with Crippen LogP contribution in [0.3, 0.4) is 0 Å². The topological polar surface area (TPSA) is 38.1 Å². The van der Waals surface area contributed by atoms with Crippen molar-refractivity contribution in [3.05, 3.63) is 18.2 Å². The van der Waals surface area contributed by atoms with Crippen LogP contribution in [0.5, 0.6) is 0 Å². The second-order valence-electron chi connectivity index (χ2n) is 6.10. The first-order chi connectivity index (χ1) is 8.79. The van der Waals surface area contributed by atoms with Gasteiger partial charge in [0, 0.05) is 6.04 Å². The highest BCUT2D eigenvalue weighted by Gasteiger charge is 2.32. The van der Waals surface area contributed by atoms with Crippen LogP contribution in [0.4, 0.5) is 0 Å². The van der Waals surface area contributed by atoms with Crippen molar-refractivity contribution in [3.63, 3.8) is 0 Å². The summed E-state index contributed by atoms with van der Waals surface area (Å²) in [5, 5.41) is 10.6. The molecule has 0 saturated heterocycles. The van der Waals surface area contributed by atoms with E-state index in [2.05, 4.69) is 16.5 Å². The van der Waals surface area contributed by atoms with E-state index in [-0.39, 0.29) is 6.10 Å². The summed E-state index contributed by atoms with van der Waals surface area (Å²) in [6, 6.07) is 0.614. The van der Waals surface area contributed by atoms with Crippen LogP contribution in [0.25, 0.3) is 0 Å². The van der Waals surface area contributed by atoms with Crippen LogP contribution in [-0.2, 0) is 0 Å². The summed E-state index contributed by atoms with van der Waals surface area (Å²) in [6.45, 7) is 2.27. The van der Waals surface area contributed by atoms with E-state index in [1.807, 2.05) is 12.5 Å². The van der Waals surface area contributed by atoms with Crippen LogP contribution in [0, 0.1) is 11.8 Å². The lowest BCUT2D eigenvalue weighted by Crippen LogP contribution is -2.22. The van der Waals surface area contributed by atoms with Crippen LogP contribution >= 0.6 is 0 Å². The maximum absolute atomic E-state index is 10.6. The van der Waals surface area contributed by atoms with Crippen LogP contribution < -0.4 is 0 Å². The minimum atomic E-state index is -0.303. The zero-order valence-corrected chi connectivity index (χ0v) is 11.3. The van der Waals surface area contributed by atoms with Gasteiger partial charge in [0.25, 0.3) is 0 Å². The lowest BCUT2D eigenvalue weighted by Gasteiger charge is -2.32. The second kappa shape index (κ2) is 5.04. The number of aliphatic hydroxyl groups is 1. The molecule has 0 radical (unpaired) electrons. The lowest BCUT2D eigenvalue weighted by molar-refractivity contribution is 0.0616. The van der Waals surface area contributed by atoms with Gasteiger partial charge in [-0.1, -0.05) is 26.2 Å². The zero-order chi connectivity index (χ0) is 12.5. The highest BCUT2D eigenvalue weighted by atomic mass is 16.3. The van der Waals surface area contributed by atoms with Crippen LogP contribution in [0.2, 0.25) is 0 Å². The molecule has 100 valence electrons. The molecule has 1 aromatic rings. The van der Waals surface area contributed by atoms with E-state index >= 15 is 0 Å². The van der Waals surface area contributed by atoms with Crippen molar-refractivity contribution < 1.29 is 5.11 Å². The molecule has 3 atom stereocenters. The molecule has 3 rings (SSSR count). The highest BCUT2D eigenvalue weighted by Crippen LogP contribution is 2.41. The number of aliphatic hydroxyl groups excluding tert-OH is 1. The van der Waals surface area contributed by atoms with Gasteiger partial charge in [0.2, 0.25) is 0 Å². The highest BCUT2D eigenvalue weighted by molar-refractivity contribution is 5.08. The number of rotatable bonds is 4. The minimum absolute atomic E-state index is 0.303. The molecule has 18 heavy (non-hydrogen) atoms. The Labute approximate surface area is 109 Å². The molecule has 0 aromatic carbocycles. The van der Waals surface area contributed by atoms with Crippen molar-refractivity contribution >= 4 is 0 Å². The molecule has 3 heteroatoms. The van der Waals surface area contributed by atoms with Crippen molar-refractivity contribution in [2.45, 2.75) is 64.0 Å². The molecule has 0 aliphatic heterocycles. The van der Waals surface area contributed by atoms with E-state index in [0.717, 1.165) is 11.6 Å². The predicted octanol–water partition coefficient (Wildman–Crippen LogP) is 3.47. The van der Waals surface area contributed by atoms with Gasteiger partial charge >= 0.3 is 0 Å². The molecule has 2 aliphatic carbocycles. The maximum Gasteiger partial charge on any atom is 0.0984 e. The van der Waals surface area contributed by atoms with E-state index < -0.39 is 0 Å². The molecule has 0 bridgehead atoms. The molecular weight excluding hydrogens is 224 g/mol. The molecule has 1 aromatic heterocycles. The molecule has 0 spiro atoms. The molecule has 3 nitrogen and oxygen atoms in total. The van der Waals surface area contributed by atoms with Gasteiger partial charge < -0.3 is 9.67 Å². The fraction of sp³-hybridized carbons (Fsp3) is 0.800. The maximum atomic E-state index is 10.6. The van der Waals surface area contributed by atoms with Crippen molar-refractivity contribution in [3.8, 4) is 0 Å². The lowest BCUT2D eigenvalue weighted by atomic mass is 9.77. The molecule has 1 heterocycles. The van der Waals surface area contributed by atoms with Crippen molar-refractivity contribution in [2.75, 3.05) is 0 Å². The van der Waals surface area contributed by atoms with Crippen LogP contribution in [0.1, 0.15) is 69.7 Å². The van der Waals surface area contributed by atoms with E-state index in [0.29, 0.717) is 12.0 Å². The second-order valence-corrected chi connectivity index (χ2v) is 6.10.